The van der Waals surface area contributed by atoms with E-state index in [9.17, 15) is 22.4 Å². The second kappa shape index (κ2) is 13.1. The summed E-state index contributed by atoms with van der Waals surface area (Å²) in [6, 6.07) is 6.74. The molecule has 3 rings (SSSR count). The van der Waals surface area contributed by atoms with Gasteiger partial charge in [-0.15, -0.1) is 0 Å². The summed E-state index contributed by atoms with van der Waals surface area (Å²) in [5.41, 5.74) is 1.62. The molecule has 2 aromatic rings. The van der Waals surface area contributed by atoms with E-state index in [4.69, 9.17) is 14.4 Å². The van der Waals surface area contributed by atoms with Gasteiger partial charge < -0.3 is 19.8 Å². The molecule has 0 aliphatic carbocycles. The first kappa shape index (κ1) is 27.3. The number of aromatic nitrogens is 1. The zero-order valence-corrected chi connectivity index (χ0v) is 18.9. The van der Waals surface area contributed by atoms with Crippen LogP contribution in [-0.4, -0.2) is 58.9 Å². The van der Waals surface area contributed by atoms with Crippen LogP contribution >= 0.6 is 0 Å². The van der Waals surface area contributed by atoms with Crippen molar-refractivity contribution in [1.82, 2.24) is 15.4 Å². The largest absolute Gasteiger partial charge is 0.490 e. The highest BCUT2D eigenvalue weighted by molar-refractivity contribution is 5.76. The van der Waals surface area contributed by atoms with Gasteiger partial charge in [0.25, 0.3) is 0 Å². The Labute approximate surface area is 195 Å². The molecular formula is C23H29F4N3O4. The predicted molar refractivity (Wildman–Crippen MR) is 116 cm³/mol. The molecule has 1 amide bonds. The number of carbonyl (C=O) groups excluding carboxylic acids is 1. The fourth-order valence-corrected chi connectivity index (χ4v) is 3.61. The van der Waals surface area contributed by atoms with Gasteiger partial charge in [-0.1, -0.05) is 11.6 Å². The van der Waals surface area contributed by atoms with Crippen molar-refractivity contribution in [3.63, 3.8) is 0 Å². The van der Waals surface area contributed by atoms with E-state index < -0.39 is 12.1 Å². The van der Waals surface area contributed by atoms with Crippen LogP contribution in [0.15, 0.2) is 35.0 Å². The summed E-state index contributed by atoms with van der Waals surface area (Å²) < 4.78 is 50.1. The van der Waals surface area contributed by atoms with Crippen molar-refractivity contribution < 1.29 is 36.8 Å². The van der Waals surface area contributed by atoms with E-state index in [2.05, 4.69) is 22.3 Å². The highest BCUT2D eigenvalue weighted by Gasteiger charge is 2.38. The molecule has 34 heavy (non-hydrogen) atoms. The molecule has 188 valence electrons. The maximum absolute atomic E-state index is 13.1. The Bertz CT molecular complexity index is 916. The van der Waals surface area contributed by atoms with Crippen molar-refractivity contribution in [2.45, 2.75) is 57.7 Å². The Morgan fingerprint density at radius 2 is 1.91 bits per heavy atom. The first-order valence-electron chi connectivity index (χ1n) is 11.1. The van der Waals surface area contributed by atoms with Crippen molar-refractivity contribution in [3.8, 4) is 11.3 Å². The average molecular weight is 487 g/mol. The Morgan fingerprint density at radius 3 is 2.53 bits per heavy atom. The molecule has 1 atom stereocenters. The molecule has 7 nitrogen and oxygen atoms in total. The highest BCUT2D eigenvalue weighted by Crippen LogP contribution is 2.24. The van der Waals surface area contributed by atoms with Crippen molar-refractivity contribution in [2.24, 2.45) is 0 Å². The molecule has 0 bridgehead atoms. The van der Waals surface area contributed by atoms with Crippen molar-refractivity contribution >= 4 is 11.9 Å². The van der Waals surface area contributed by atoms with Gasteiger partial charge in [-0.2, -0.15) is 13.2 Å². The lowest BCUT2D eigenvalue weighted by Crippen LogP contribution is -2.39. The summed E-state index contributed by atoms with van der Waals surface area (Å²) >= 11 is 0. The first-order chi connectivity index (χ1) is 16.1. The number of nitrogens with zero attached hydrogens (tertiary/aromatic N) is 2. The molecular weight excluding hydrogens is 458 g/mol. The molecule has 1 saturated heterocycles. The van der Waals surface area contributed by atoms with Crippen LogP contribution in [0.4, 0.5) is 17.6 Å². The fourth-order valence-electron chi connectivity index (χ4n) is 3.61. The number of amides is 1. The van der Waals surface area contributed by atoms with E-state index in [-0.39, 0.29) is 11.7 Å². The number of nitrogens with one attached hydrogen (secondary N) is 1. The Hall–Kier alpha value is -2.95. The van der Waals surface area contributed by atoms with Crippen LogP contribution in [-0.2, 0) is 16.0 Å². The number of piperidine rings is 1. The van der Waals surface area contributed by atoms with Gasteiger partial charge in [0, 0.05) is 36.7 Å². The van der Waals surface area contributed by atoms with Gasteiger partial charge in [-0.3, -0.25) is 4.79 Å². The normalized spacial score (nSPS) is 16.4. The second-order valence-corrected chi connectivity index (χ2v) is 8.07. The molecule has 1 aromatic heterocycles. The molecule has 1 unspecified atom stereocenters. The predicted octanol–water partition coefficient (Wildman–Crippen LogP) is 4.43. The summed E-state index contributed by atoms with van der Waals surface area (Å²) in [5.74, 6) is -2.42. The third-order valence-corrected chi connectivity index (χ3v) is 5.50. The van der Waals surface area contributed by atoms with Crippen LogP contribution in [0.1, 0.15) is 44.6 Å². The number of aliphatic carboxylic acids is 1. The summed E-state index contributed by atoms with van der Waals surface area (Å²) in [7, 11) is 0. The van der Waals surface area contributed by atoms with Crippen LogP contribution in [0, 0.1) is 5.82 Å². The number of halogens is 4. The number of carbonyl (C=O) groups is 2. The number of alkyl halides is 3. The van der Waals surface area contributed by atoms with Crippen LogP contribution < -0.4 is 5.32 Å². The van der Waals surface area contributed by atoms with Gasteiger partial charge in [-0.05, 0) is 63.4 Å². The minimum atomic E-state index is -5.08. The van der Waals surface area contributed by atoms with E-state index in [0.29, 0.717) is 31.2 Å². The molecule has 2 N–H and O–H groups in total. The molecule has 2 heterocycles. The lowest BCUT2D eigenvalue weighted by atomic mass is 10.0. The number of carboxylic acid groups (broad SMARTS) is 1. The monoisotopic (exact) mass is 487 g/mol. The summed E-state index contributed by atoms with van der Waals surface area (Å²) in [5, 5.41) is 14.0. The van der Waals surface area contributed by atoms with Crippen LogP contribution in [0.3, 0.4) is 0 Å². The van der Waals surface area contributed by atoms with Gasteiger partial charge in [0.15, 0.2) is 5.76 Å². The number of hydrogen-bond donors (Lipinski definition) is 2. The van der Waals surface area contributed by atoms with Gasteiger partial charge in [0.2, 0.25) is 5.91 Å². The molecule has 11 heteroatoms. The third kappa shape index (κ3) is 9.12. The minimum Gasteiger partial charge on any atom is -0.475 e. The third-order valence-electron chi connectivity index (χ3n) is 5.50. The quantitative estimate of drug-likeness (QED) is 0.423. The van der Waals surface area contributed by atoms with Crippen molar-refractivity contribution in [3.05, 3.63) is 41.8 Å². The average Bonchev–Trinajstić information content (AvgIpc) is 3.25. The maximum Gasteiger partial charge on any atom is 0.490 e. The number of benzene rings is 1. The molecule has 1 aromatic carbocycles. The van der Waals surface area contributed by atoms with Gasteiger partial charge >= 0.3 is 12.1 Å². The summed E-state index contributed by atoms with van der Waals surface area (Å²) in [4.78, 5) is 23.5. The van der Waals surface area contributed by atoms with Gasteiger partial charge in [0.05, 0.1) is 6.20 Å². The first-order valence-corrected chi connectivity index (χ1v) is 11.1. The number of rotatable bonds is 8. The van der Waals surface area contributed by atoms with Gasteiger partial charge in [-0.25, -0.2) is 9.18 Å². The fraction of sp³-hybridized carbons (Fsp3) is 0.522. The minimum absolute atomic E-state index is 0.0351. The second-order valence-electron chi connectivity index (χ2n) is 8.07. The van der Waals surface area contributed by atoms with Crippen molar-refractivity contribution in [1.29, 1.82) is 0 Å². The lowest BCUT2D eigenvalue weighted by Gasteiger charge is -2.33. The van der Waals surface area contributed by atoms with E-state index in [1.54, 1.807) is 18.3 Å². The van der Waals surface area contributed by atoms with E-state index in [1.807, 2.05) is 0 Å². The molecule has 1 fully saturated rings. The van der Waals surface area contributed by atoms with Crippen molar-refractivity contribution in [2.75, 3.05) is 19.6 Å². The van der Waals surface area contributed by atoms with Crippen LogP contribution in [0.5, 0.6) is 0 Å². The molecule has 1 aliphatic heterocycles. The maximum atomic E-state index is 13.1. The lowest BCUT2D eigenvalue weighted by molar-refractivity contribution is -0.192. The number of likely N-dealkylation sites (tertiary alicyclic amines) is 1. The number of hydrogen-bond acceptors (Lipinski definition) is 5. The SMILES string of the molecule is CC1CCCCN1CCCNC(=O)CCc1cnoc1-c1ccc(F)cc1.O=C(O)C(F)(F)F. The molecule has 0 radical (unpaired) electrons. The summed E-state index contributed by atoms with van der Waals surface area (Å²) in [6.45, 7) is 5.21. The Balaban J connectivity index is 0.000000509. The van der Waals surface area contributed by atoms with Gasteiger partial charge in [0.1, 0.15) is 5.82 Å². The Kier molecular flexibility index (Phi) is 10.5. The summed E-state index contributed by atoms with van der Waals surface area (Å²) in [6.07, 6.45) is 2.35. The van der Waals surface area contributed by atoms with E-state index in [0.717, 1.165) is 24.1 Å². The molecule has 0 spiro atoms. The Morgan fingerprint density at radius 1 is 1.24 bits per heavy atom. The standard InChI is InChI=1S/C21H28FN3O2.C2HF3O2/c1-16-5-2-3-13-25(16)14-4-12-23-20(26)11-8-18-15-24-27-21(18)17-6-9-19(22)10-7-17;3-2(4,5)1(6)7/h6-7,9-10,15-16H,2-5,8,11-14H2,1H3,(H,23,26);(H,6,7). The van der Waals surface area contributed by atoms with Crippen LogP contribution in [0.25, 0.3) is 11.3 Å². The molecule has 1 aliphatic rings. The molecule has 0 saturated carbocycles. The highest BCUT2D eigenvalue weighted by atomic mass is 19.4. The number of aryl methyl sites for hydroxylation is 1. The van der Waals surface area contributed by atoms with Crippen LogP contribution in [0.2, 0.25) is 0 Å². The zero-order chi connectivity index (χ0) is 25.1. The van der Waals surface area contributed by atoms with E-state index in [1.165, 1.54) is 37.9 Å². The zero-order valence-electron chi connectivity index (χ0n) is 18.9. The number of carboxylic acids is 1. The van der Waals surface area contributed by atoms with E-state index >= 15 is 0 Å². The smallest absolute Gasteiger partial charge is 0.475 e. The topological polar surface area (TPSA) is 95.7 Å².